The number of benzene rings is 1. The lowest BCUT2D eigenvalue weighted by molar-refractivity contribution is 0.112. The Kier molecular flexibility index (Phi) is 2.86. The van der Waals surface area contributed by atoms with Crippen molar-refractivity contribution in [2.75, 3.05) is 0 Å². The Morgan fingerprint density at radius 3 is 2.45 bits per heavy atom. The van der Waals surface area contributed by atoms with Crippen LogP contribution in [-0.4, -0.2) is 20.8 Å². The smallest absolute Gasteiger partial charge is 0.161 e. The highest BCUT2D eigenvalue weighted by Gasteiger charge is 2.13. The SMILES string of the molecule is Cc1ccc(-c2nc(C)c3c(C=O)cn(C)c3n2)cc1. The van der Waals surface area contributed by atoms with Gasteiger partial charge in [0.1, 0.15) is 5.65 Å². The standard InChI is InChI=1S/C16H15N3O/c1-10-4-6-12(7-5-10)15-17-11(2)14-13(9-20)8-19(3)16(14)18-15/h4-9H,1-3H3. The van der Waals surface area contributed by atoms with Gasteiger partial charge in [-0.1, -0.05) is 29.8 Å². The highest BCUT2D eigenvalue weighted by molar-refractivity contribution is 5.97. The summed E-state index contributed by atoms with van der Waals surface area (Å²) >= 11 is 0. The summed E-state index contributed by atoms with van der Waals surface area (Å²) in [5.41, 5.74) is 4.43. The first kappa shape index (κ1) is 12.5. The quantitative estimate of drug-likeness (QED) is 0.669. The predicted molar refractivity (Wildman–Crippen MR) is 78.8 cm³/mol. The fourth-order valence-electron chi connectivity index (χ4n) is 2.41. The lowest BCUT2D eigenvalue weighted by Gasteiger charge is -2.05. The molecule has 0 atom stereocenters. The van der Waals surface area contributed by atoms with E-state index in [1.807, 2.05) is 49.7 Å². The third-order valence-electron chi connectivity index (χ3n) is 3.46. The molecule has 3 rings (SSSR count). The van der Waals surface area contributed by atoms with E-state index < -0.39 is 0 Å². The molecule has 0 aliphatic heterocycles. The van der Waals surface area contributed by atoms with Crippen LogP contribution >= 0.6 is 0 Å². The Labute approximate surface area is 117 Å². The lowest BCUT2D eigenvalue weighted by atomic mass is 10.1. The molecule has 4 heteroatoms. The third kappa shape index (κ3) is 1.90. The normalized spacial score (nSPS) is 10.9. The number of carbonyl (C=O) groups excluding carboxylic acids is 1. The van der Waals surface area contributed by atoms with Crippen molar-refractivity contribution in [1.82, 2.24) is 14.5 Å². The molecule has 0 radical (unpaired) electrons. The summed E-state index contributed by atoms with van der Waals surface area (Å²) in [5, 5.41) is 0.832. The van der Waals surface area contributed by atoms with Crippen molar-refractivity contribution in [3.8, 4) is 11.4 Å². The minimum Gasteiger partial charge on any atom is -0.335 e. The Balaban J connectivity index is 2.26. The van der Waals surface area contributed by atoms with Gasteiger partial charge >= 0.3 is 0 Å². The Morgan fingerprint density at radius 2 is 1.80 bits per heavy atom. The van der Waals surface area contributed by atoms with Crippen molar-refractivity contribution in [1.29, 1.82) is 0 Å². The first-order chi connectivity index (χ1) is 9.60. The van der Waals surface area contributed by atoms with Crippen molar-refractivity contribution < 1.29 is 4.79 Å². The van der Waals surface area contributed by atoms with Crippen molar-refractivity contribution in [2.45, 2.75) is 13.8 Å². The number of rotatable bonds is 2. The van der Waals surface area contributed by atoms with Crippen molar-refractivity contribution in [3.63, 3.8) is 0 Å². The summed E-state index contributed by atoms with van der Waals surface area (Å²) in [7, 11) is 1.89. The number of fused-ring (bicyclic) bond motifs is 1. The summed E-state index contributed by atoms with van der Waals surface area (Å²) in [5.74, 6) is 0.689. The Bertz CT molecular complexity index is 801. The Hall–Kier alpha value is -2.49. The second kappa shape index (κ2) is 4.56. The van der Waals surface area contributed by atoms with Gasteiger partial charge in [0.2, 0.25) is 0 Å². The number of carbonyl (C=O) groups is 1. The van der Waals surface area contributed by atoms with Gasteiger partial charge in [-0.2, -0.15) is 0 Å². The summed E-state index contributed by atoms with van der Waals surface area (Å²) in [6.07, 6.45) is 2.64. The molecule has 100 valence electrons. The van der Waals surface area contributed by atoms with Gasteiger partial charge in [-0.05, 0) is 13.8 Å². The molecule has 0 N–H and O–H groups in total. The molecule has 0 unspecified atom stereocenters. The number of aromatic nitrogens is 3. The summed E-state index contributed by atoms with van der Waals surface area (Å²) in [6.45, 7) is 3.96. The van der Waals surface area contributed by atoms with Gasteiger partial charge in [0.15, 0.2) is 12.1 Å². The number of aryl methyl sites for hydroxylation is 3. The van der Waals surface area contributed by atoms with Gasteiger partial charge in [0.25, 0.3) is 0 Å². The first-order valence-electron chi connectivity index (χ1n) is 6.46. The molecule has 2 heterocycles. The highest BCUT2D eigenvalue weighted by atomic mass is 16.1. The van der Waals surface area contributed by atoms with E-state index >= 15 is 0 Å². The molecule has 0 aliphatic rings. The minimum atomic E-state index is 0.635. The zero-order valence-electron chi connectivity index (χ0n) is 11.7. The maximum Gasteiger partial charge on any atom is 0.161 e. The number of hydrogen-bond donors (Lipinski definition) is 0. The third-order valence-corrected chi connectivity index (χ3v) is 3.46. The van der Waals surface area contributed by atoms with Crippen molar-refractivity contribution in [2.24, 2.45) is 7.05 Å². The van der Waals surface area contributed by atoms with E-state index in [0.717, 1.165) is 28.6 Å². The second-order valence-corrected chi connectivity index (χ2v) is 5.01. The molecule has 0 saturated heterocycles. The van der Waals surface area contributed by atoms with Crippen LogP contribution in [0.4, 0.5) is 0 Å². The lowest BCUT2D eigenvalue weighted by Crippen LogP contribution is -1.96. The van der Waals surface area contributed by atoms with Crippen LogP contribution in [0.3, 0.4) is 0 Å². The van der Waals surface area contributed by atoms with E-state index in [0.29, 0.717) is 11.4 Å². The van der Waals surface area contributed by atoms with Gasteiger partial charge < -0.3 is 4.57 Å². The van der Waals surface area contributed by atoms with Crippen LogP contribution in [0.15, 0.2) is 30.5 Å². The maximum absolute atomic E-state index is 11.1. The molecule has 0 saturated carbocycles. The molecule has 20 heavy (non-hydrogen) atoms. The fraction of sp³-hybridized carbons (Fsp3) is 0.188. The predicted octanol–water partition coefficient (Wildman–Crippen LogP) is 3.06. The molecular formula is C16H15N3O. The van der Waals surface area contributed by atoms with Gasteiger partial charge in [0.05, 0.1) is 11.1 Å². The minimum absolute atomic E-state index is 0.635. The molecule has 1 aromatic carbocycles. The van der Waals surface area contributed by atoms with Gasteiger partial charge in [-0.3, -0.25) is 4.79 Å². The van der Waals surface area contributed by atoms with Crippen LogP contribution in [0.1, 0.15) is 21.6 Å². The Morgan fingerprint density at radius 1 is 1.10 bits per heavy atom. The molecule has 4 nitrogen and oxygen atoms in total. The molecule has 3 aromatic rings. The van der Waals surface area contributed by atoms with E-state index in [2.05, 4.69) is 9.97 Å². The molecule has 0 aliphatic carbocycles. The topological polar surface area (TPSA) is 47.8 Å². The van der Waals surface area contributed by atoms with Gasteiger partial charge in [-0.15, -0.1) is 0 Å². The van der Waals surface area contributed by atoms with E-state index in [1.165, 1.54) is 5.56 Å². The van der Waals surface area contributed by atoms with Crippen LogP contribution < -0.4 is 0 Å². The largest absolute Gasteiger partial charge is 0.335 e. The number of hydrogen-bond acceptors (Lipinski definition) is 3. The van der Waals surface area contributed by atoms with E-state index in [4.69, 9.17) is 0 Å². The van der Waals surface area contributed by atoms with E-state index in [1.54, 1.807) is 6.20 Å². The van der Waals surface area contributed by atoms with Gasteiger partial charge in [-0.25, -0.2) is 9.97 Å². The number of aldehydes is 1. The van der Waals surface area contributed by atoms with E-state index in [9.17, 15) is 4.79 Å². The fourth-order valence-corrected chi connectivity index (χ4v) is 2.41. The summed E-state index contributed by atoms with van der Waals surface area (Å²) in [6, 6.07) is 8.11. The molecule has 2 aromatic heterocycles. The van der Waals surface area contributed by atoms with Crippen molar-refractivity contribution in [3.05, 3.63) is 47.3 Å². The maximum atomic E-state index is 11.1. The molecule has 0 bridgehead atoms. The zero-order chi connectivity index (χ0) is 14.3. The second-order valence-electron chi connectivity index (χ2n) is 5.01. The number of nitrogens with zero attached hydrogens (tertiary/aromatic N) is 3. The average Bonchev–Trinajstić information content (AvgIpc) is 2.77. The monoisotopic (exact) mass is 265 g/mol. The highest BCUT2D eigenvalue weighted by Crippen LogP contribution is 2.24. The van der Waals surface area contributed by atoms with Crippen LogP contribution in [0.2, 0.25) is 0 Å². The zero-order valence-corrected chi connectivity index (χ0v) is 11.7. The summed E-state index contributed by atoms with van der Waals surface area (Å²) < 4.78 is 1.87. The summed E-state index contributed by atoms with van der Waals surface area (Å²) in [4.78, 5) is 20.2. The molecule has 0 fully saturated rings. The van der Waals surface area contributed by atoms with Crippen LogP contribution in [0, 0.1) is 13.8 Å². The van der Waals surface area contributed by atoms with Crippen LogP contribution in [-0.2, 0) is 7.05 Å². The molecule has 0 amide bonds. The molecular weight excluding hydrogens is 250 g/mol. The van der Waals surface area contributed by atoms with Crippen molar-refractivity contribution >= 4 is 17.3 Å². The first-order valence-corrected chi connectivity index (χ1v) is 6.46. The molecule has 0 spiro atoms. The average molecular weight is 265 g/mol. The van der Waals surface area contributed by atoms with E-state index in [-0.39, 0.29) is 0 Å². The van der Waals surface area contributed by atoms with Crippen LogP contribution in [0.5, 0.6) is 0 Å². The van der Waals surface area contributed by atoms with Crippen LogP contribution in [0.25, 0.3) is 22.4 Å². The van der Waals surface area contributed by atoms with Gasteiger partial charge in [0, 0.05) is 24.4 Å².